The maximum atomic E-state index is 13.7. The Morgan fingerprint density at radius 3 is 2.41 bits per heavy atom. The monoisotopic (exact) mass is 419 g/mol. The van der Waals surface area contributed by atoms with E-state index >= 15 is 0 Å². The molecule has 6 nitrogen and oxygen atoms in total. The summed E-state index contributed by atoms with van der Waals surface area (Å²) in [5, 5.41) is 2.90. The van der Waals surface area contributed by atoms with Crippen LogP contribution in [0.15, 0.2) is 53.4 Å². The quantitative estimate of drug-likeness (QED) is 0.723. The van der Waals surface area contributed by atoms with Crippen molar-refractivity contribution in [3.05, 3.63) is 59.9 Å². The molecular weight excluding hydrogens is 393 g/mol. The van der Waals surface area contributed by atoms with Gasteiger partial charge in [0.25, 0.3) is 15.9 Å². The summed E-state index contributed by atoms with van der Waals surface area (Å²) < 4.78 is 40.8. The Labute approximate surface area is 171 Å². The number of carbonyl (C=O) groups is 1. The van der Waals surface area contributed by atoms with Gasteiger partial charge < -0.3 is 10.2 Å². The van der Waals surface area contributed by atoms with Crippen molar-refractivity contribution in [3.63, 3.8) is 0 Å². The molecule has 0 bridgehead atoms. The largest absolute Gasteiger partial charge is 0.352 e. The van der Waals surface area contributed by atoms with Crippen LogP contribution < -0.4 is 10.0 Å². The van der Waals surface area contributed by atoms with Crippen molar-refractivity contribution in [2.45, 2.75) is 24.2 Å². The first-order chi connectivity index (χ1) is 13.8. The van der Waals surface area contributed by atoms with Crippen LogP contribution in [0.1, 0.15) is 29.6 Å². The number of halogens is 1. The molecule has 3 rings (SSSR count). The van der Waals surface area contributed by atoms with E-state index in [0.717, 1.165) is 32.4 Å². The van der Waals surface area contributed by atoms with Gasteiger partial charge >= 0.3 is 0 Å². The molecule has 29 heavy (non-hydrogen) atoms. The van der Waals surface area contributed by atoms with Gasteiger partial charge in [0, 0.05) is 12.1 Å². The number of rotatable bonds is 7. The van der Waals surface area contributed by atoms with Gasteiger partial charge in [0.2, 0.25) is 0 Å². The highest BCUT2D eigenvalue weighted by Crippen LogP contribution is 2.20. The molecule has 0 saturated carbocycles. The zero-order valence-electron chi connectivity index (χ0n) is 16.4. The first-order valence-corrected chi connectivity index (χ1v) is 11.2. The summed E-state index contributed by atoms with van der Waals surface area (Å²) in [6.45, 7) is 2.78. The third kappa shape index (κ3) is 5.77. The molecule has 1 aliphatic heterocycles. The fraction of sp³-hybridized carbons (Fsp3) is 0.381. The van der Waals surface area contributed by atoms with Crippen molar-refractivity contribution in [3.8, 4) is 0 Å². The van der Waals surface area contributed by atoms with Crippen molar-refractivity contribution >= 4 is 21.6 Å². The highest BCUT2D eigenvalue weighted by molar-refractivity contribution is 7.92. The number of hydrogen-bond acceptors (Lipinski definition) is 4. The van der Waals surface area contributed by atoms with Gasteiger partial charge in [-0.2, -0.15) is 0 Å². The lowest BCUT2D eigenvalue weighted by Crippen LogP contribution is -2.32. The maximum absolute atomic E-state index is 13.7. The van der Waals surface area contributed by atoms with Crippen LogP contribution in [0, 0.1) is 11.7 Å². The molecule has 0 spiro atoms. The molecule has 0 unspecified atom stereocenters. The standard InChI is InChI=1S/C21H26FN3O3S/c1-25-14-11-16(12-15-25)10-13-23-21(26)17-6-8-18(9-7-17)29(27,28)24-20-5-3-2-4-19(20)22/h2-9,16,24H,10-15H2,1H3,(H,23,26). The van der Waals surface area contributed by atoms with E-state index in [2.05, 4.69) is 22.0 Å². The zero-order chi connectivity index (χ0) is 20.9. The molecular formula is C21H26FN3O3S. The van der Waals surface area contributed by atoms with Gasteiger partial charge in [0.15, 0.2) is 0 Å². The number of carbonyl (C=O) groups excluding carboxylic acids is 1. The normalized spacial score (nSPS) is 15.8. The van der Waals surface area contributed by atoms with E-state index < -0.39 is 15.8 Å². The smallest absolute Gasteiger partial charge is 0.261 e. The Kier molecular flexibility index (Phi) is 6.87. The number of anilines is 1. The minimum absolute atomic E-state index is 0.0383. The van der Waals surface area contributed by atoms with Crippen molar-refractivity contribution in [2.75, 3.05) is 31.4 Å². The van der Waals surface area contributed by atoms with Gasteiger partial charge in [0.1, 0.15) is 5.82 Å². The fourth-order valence-electron chi connectivity index (χ4n) is 3.38. The molecule has 1 amide bonds. The minimum Gasteiger partial charge on any atom is -0.352 e. The lowest BCUT2D eigenvalue weighted by molar-refractivity contribution is 0.0949. The van der Waals surface area contributed by atoms with Crippen LogP contribution in [-0.2, 0) is 10.0 Å². The summed E-state index contributed by atoms with van der Waals surface area (Å²) in [7, 11) is -1.82. The Morgan fingerprint density at radius 1 is 1.10 bits per heavy atom. The first kappa shape index (κ1) is 21.3. The number of benzene rings is 2. The molecule has 156 valence electrons. The Balaban J connectivity index is 1.55. The summed E-state index contributed by atoms with van der Waals surface area (Å²) in [6, 6.07) is 11.1. The van der Waals surface area contributed by atoms with Crippen LogP contribution in [0.25, 0.3) is 0 Å². The third-order valence-corrected chi connectivity index (χ3v) is 6.60. The van der Waals surface area contributed by atoms with Gasteiger partial charge in [0.05, 0.1) is 10.6 Å². The van der Waals surface area contributed by atoms with E-state index in [1.54, 1.807) is 6.07 Å². The van der Waals surface area contributed by atoms with Crippen molar-refractivity contribution in [1.82, 2.24) is 10.2 Å². The van der Waals surface area contributed by atoms with Crippen LogP contribution in [0.3, 0.4) is 0 Å². The van der Waals surface area contributed by atoms with E-state index in [1.165, 1.54) is 42.5 Å². The summed E-state index contributed by atoms with van der Waals surface area (Å²) in [4.78, 5) is 14.6. The second kappa shape index (κ2) is 9.37. The second-order valence-corrected chi connectivity index (χ2v) is 9.08. The lowest BCUT2D eigenvalue weighted by Gasteiger charge is -2.28. The molecule has 2 aromatic carbocycles. The van der Waals surface area contributed by atoms with Crippen LogP contribution in [-0.4, -0.2) is 45.9 Å². The summed E-state index contributed by atoms with van der Waals surface area (Å²) in [5.41, 5.74) is 0.265. The van der Waals surface area contributed by atoms with E-state index in [-0.39, 0.29) is 16.5 Å². The van der Waals surface area contributed by atoms with Gasteiger partial charge in [-0.1, -0.05) is 12.1 Å². The van der Waals surface area contributed by atoms with Crippen molar-refractivity contribution < 1.29 is 17.6 Å². The summed E-state index contributed by atoms with van der Waals surface area (Å²) in [6.07, 6.45) is 3.24. The molecule has 8 heteroatoms. The molecule has 1 aliphatic rings. The highest BCUT2D eigenvalue weighted by Gasteiger charge is 2.18. The molecule has 0 aliphatic carbocycles. The van der Waals surface area contributed by atoms with Crippen LogP contribution in [0.4, 0.5) is 10.1 Å². The number of amides is 1. The SMILES string of the molecule is CN1CCC(CCNC(=O)c2ccc(S(=O)(=O)Nc3ccccc3F)cc2)CC1. The molecule has 2 N–H and O–H groups in total. The van der Waals surface area contributed by atoms with Crippen LogP contribution >= 0.6 is 0 Å². The Bertz CT molecular complexity index is 940. The average Bonchev–Trinajstić information content (AvgIpc) is 2.71. The van der Waals surface area contributed by atoms with Crippen molar-refractivity contribution in [2.24, 2.45) is 5.92 Å². The number of sulfonamides is 1. The van der Waals surface area contributed by atoms with Gasteiger partial charge in [-0.3, -0.25) is 9.52 Å². The van der Waals surface area contributed by atoms with E-state index in [0.29, 0.717) is 18.0 Å². The number of hydrogen-bond donors (Lipinski definition) is 2. The fourth-order valence-corrected chi connectivity index (χ4v) is 4.44. The Hall–Kier alpha value is -2.45. The molecule has 1 saturated heterocycles. The lowest BCUT2D eigenvalue weighted by atomic mass is 9.94. The second-order valence-electron chi connectivity index (χ2n) is 7.40. The van der Waals surface area contributed by atoms with E-state index in [4.69, 9.17) is 0 Å². The van der Waals surface area contributed by atoms with Crippen molar-refractivity contribution in [1.29, 1.82) is 0 Å². The number of piperidine rings is 1. The summed E-state index contributed by atoms with van der Waals surface area (Å²) >= 11 is 0. The number of nitrogens with one attached hydrogen (secondary N) is 2. The van der Waals surface area contributed by atoms with Crippen LogP contribution in [0.2, 0.25) is 0 Å². The predicted octanol–water partition coefficient (Wildman–Crippen LogP) is 3.09. The van der Waals surface area contributed by atoms with E-state index in [1.807, 2.05) is 0 Å². The van der Waals surface area contributed by atoms with E-state index in [9.17, 15) is 17.6 Å². The van der Waals surface area contributed by atoms with Gasteiger partial charge in [-0.15, -0.1) is 0 Å². The maximum Gasteiger partial charge on any atom is 0.261 e. The van der Waals surface area contributed by atoms with Gasteiger partial charge in [-0.05, 0) is 81.7 Å². The predicted molar refractivity (Wildman–Crippen MR) is 111 cm³/mol. The average molecular weight is 420 g/mol. The molecule has 0 atom stereocenters. The zero-order valence-corrected chi connectivity index (χ0v) is 17.2. The number of para-hydroxylation sites is 1. The molecule has 1 heterocycles. The Morgan fingerprint density at radius 2 is 1.76 bits per heavy atom. The third-order valence-electron chi connectivity index (χ3n) is 5.22. The first-order valence-electron chi connectivity index (χ1n) is 9.69. The molecule has 2 aromatic rings. The van der Waals surface area contributed by atoms with Gasteiger partial charge in [-0.25, -0.2) is 12.8 Å². The molecule has 0 aromatic heterocycles. The summed E-state index contributed by atoms with van der Waals surface area (Å²) in [5.74, 6) is -0.260. The van der Waals surface area contributed by atoms with Crippen LogP contribution in [0.5, 0.6) is 0 Å². The number of nitrogens with zero attached hydrogens (tertiary/aromatic N) is 1. The number of likely N-dealkylation sites (tertiary alicyclic amines) is 1. The molecule has 1 fully saturated rings. The highest BCUT2D eigenvalue weighted by atomic mass is 32.2. The minimum atomic E-state index is -3.94. The molecule has 0 radical (unpaired) electrons. The topological polar surface area (TPSA) is 78.5 Å².